The number of halogens is 2. The lowest BCUT2D eigenvalue weighted by molar-refractivity contribution is 0.0324. The van der Waals surface area contributed by atoms with Crippen molar-refractivity contribution in [1.29, 1.82) is 0 Å². The number of hydrogen-bond acceptors (Lipinski definition) is 2. The van der Waals surface area contributed by atoms with Crippen LogP contribution in [0.2, 0.25) is 10.0 Å². The first-order valence-electron chi connectivity index (χ1n) is 6.93. The fourth-order valence-electron chi connectivity index (χ4n) is 2.67. The van der Waals surface area contributed by atoms with E-state index in [4.69, 9.17) is 27.9 Å². The largest absolute Gasteiger partial charge is 0.374 e. The quantitative estimate of drug-likeness (QED) is 0.885. The monoisotopic (exact) mass is 301 g/mol. The summed E-state index contributed by atoms with van der Waals surface area (Å²) in [7, 11) is 0. The first-order chi connectivity index (χ1) is 9.11. The molecule has 0 saturated carbocycles. The topological polar surface area (TPSA) is 21.3 Å². The Labute approximate surface area is 125 Å². The Morgan fingerprint density at radius 2 is 2.16 bits per heavy atom. The first-order valence-corrected chi connectivity index (χ1v) is 7.69. The van der Waals surface area contributed by atoms with Crippen molar-refractivity contribution in [2.45, 2.75) is 51.4 Å². The van der Waals surface area contributed by atoms with Gasteiger partial charge in [0.2, 0.25) is 0 Å². The first kappa shape index (κ1) is 15.1. The Morgan fingerprint density at radius 3 is 2.79 bits per heavy atom. The Kier molecular flexibility index (Phi) is 5.52. The Hall–Kier alpha value is -0.280. The molecule has 2 nitrogen and oxygen atoms in total. The maximum Gasteiger partial charge on any atom is 0.0735 e. The summed E-state index contributed by atoms with van der Waals surface area (Å²) in [5.74, 6) is 0. The number of nitrogens with one attached hydrogen (secondary N) is 1. The average molecular weight is 302 g/mol. The maximum absolute atomic E-state index is 6.27. The molecule has 0 bridgehead atoms. The molecule has 106 valence electrons. The molecular formula is C15H21Cl2NO. The lowest BCUT2D eigenvalue weighted by Crippen LogP contribution is -2.41. The van der Waals surface area contributed by atoms with Crippen molar-refractivity contribution in [2.75, 3.05) is 6.54 Å². The highest BCUT2D eigenvalue weighted by Crippen LogP contribution is 2.29. The van der Waals surface area contributed by atoms with E-state index in [1.807, 2.05) is 18.2 Å². The highest BCUT2D eigenvalue weighted by Gasteiger charge is 2.29. The molecule has 1 aliphatic heterocycles. The van der Waals surface area contributed by atoms with Crippen molar-refractivity contribution in [3.8, 4) is 0 Å². The van der Waals surface area contributed by atoms with Gasteiger partial charge in [-0.1, -0.05) is 42.3 Å². The van der Waals surface area contributed by atoms with Crippen molar-refractivity contribution in [2.24, 2.45) is 0 Å². The Morgan fingerprint density at radius 1 is 1.37 bits per heavy atom. The number of ether oxygens (including phenoxy) is 1. The van der Waals surface area contributed by atoms with E-state index in [1.54, 1.807) is 0 Å². The van der Waals surface area contributed by atoms with Crippen LogP contribution in [0.3, 0.4) is 0 Å². The van der Waals surface area contributed by atoms with Crippen LogP contribution in [0.4, 0.5) is 0 Å². The smallest absolute Gasteiger partial charge is 0.0735 e. The molecule has 1 fully saturated rings. The van der Waals surface area contributed by atoms with E-state index >= 15 is 0 Å². The summed E-state index contributed by atoms with van der Waals surface area (Å²) in [6, 6.07) is 6.11. The normalized spacial score (nSPS) is 24.6. The van der Waals surface area contributed by atoms with Crippen molar-refractivity contribution in [3.05, 3.63) is 33.8 Å². The van der Waals surface area contributed by atoms with Crippen molar-refractivity contribution < 1.29 is 4.74 Å². The number of likely N-dealkylation sites (N-methyl/N-ethyl adjacent to an activating group) is 1. The van der Waals surface area contributed by atoms with Gasteiger partial charge in [0, 0.05) is 6.04 Å². The van der Waals surface area contributed by atoms with E-state index in [0.29, 0.717) is 22.2 Å². The minimum absolute atomic E-state index is 0.269. The number of rotatable bonds is 5. The lowest BCUT2D eigenvalue weighted by atomic mass is 9.99. The second kappa shape index (κ2) is 6.94. The third-order valence-electron chi connectivity index (χ3n) is 3.65. The summed E-state index contributed by atoms with van der Waals surface area (Å²) in [5, 5.41) is 4.80. The zero-order valence-electron chi connectivity index (χ0n) is 11.5. The van der Waals surface area contributed by atoms with Crippen LogP contribution in [0.1, 0.15) is 32.3 Å². The molecule has 3 unspecified atom stereocenters. The lowest BCUT2D eigenvalue weighted by Gasteiger charge is -2.25. The van der Waals surface area contributed by atoms with Gasteiger partial charge in [-0.25, -0.2) is 0 Å². The van der Waals surface area contributed by atoms with Crippen molar-refractivity contribution in [3.63, 3.8) is 0 Å². The summed E-state index contributed by atoms with van der Waals surface area (Å²) in [6.45, 7) is 5.18. The van der Waals surface area contributed by atoms with E-state index in [-0.39, 0.29) is 6.10 Å². The minimum atomic E-state index is 0.269. The van der Waals surface area contributed by atoms with E-state index in [0.717, 1.165) is 31.4 Å². The van der Waals surface area contributed by atoms with Gasteiger partial charge in [-0.15, -0.1) is 0 Å². The van der Waals surface area contributed by atoms with Gasteiger partial charge < -0.3 is 10.1 Å². The molecule has 2 rings (SSSR count). The molecule has 1 N–H and O–H groups in total. The third-order valence-corrected chi connectivity index (χ3v) is 4.51. The van der Waals surface area contributed by atoms with Gasteiger partial charge >= 0.3 is 0 Å². The molecule has 1 saturated heterocycles. The van der Waals surface area contributed by atoms with Gasteiger partial charge in [0.05, 0.1) is 22.3 Å². The van der Waals surface area contributed by atoms with Gasteiger partial charge in [0.25, 0.3) is 0 Å². The Bertz CT molecular complexity index is 425. The summed E-state index contributed by atoms with van der Waals surface area (Å²) in [6.07, 6.45) is 3.73. The van der Waals surface area contributed by atoms with Crippen LogP contribution in [0.25, 0.3) is 0 Å². The molecule has 1 heterocycles. The Balaban J connectivity index is 2.09. The fourth-order valence-corrected chi connectivity index (χ4v) is 3.07. The third kappa shape index (κ3) is 3.85. The predicted octanol–water partition coefficient (Wildman–Crippen LogP) is 4.08. The molecule has 0 spiro atoms. The van der Waals surface area contributed by atoms with Crippen LogP contribution in [0.5, 0.6) is 0 Å². The van der Waals surface area contributed by atoms with Crippen molar-refractivity contribution >= 4 is 23.2 Å². The highest BCUT2D eigenvalue weighted by atomic mass is 35.5. The summed E-state index contributed by atoms with van der Waals surface area (Å²) in [4.78, 5) is 0. The van der Waals surface area contributed by atoms with Gasteiger partial charge in [-0.2, -0.15) is 0 Å². The molecule has 1 aliphatic rings. The second-order valence-electron chi connectivity index (χ2n) is 5.14. The molecule has 3 atom stereocenters. The van der Waals surface area contributed by atoms with E-state index in [2.05, 4.69) is 19.2 Å². The van der Waals surface area contributed by atoms with E-state index in [1.165, 1.54) is 0 Å². The summed E-state index contributed by atoms with van der Waals surface area (Å²) in [5.41, 5.74) is 1.09. The molecule has 1 aromatic carbocycles. The standard InChI is InChI=1S/C15H21Cl2NO/c1-3-18-13(14-8-7-10(2)19-14)9-11-5-4-6-12(16)15(11)17/h4-6,10,13-14,18H,3,7-9H2,1-2H3. The molecule has 19 heavy (non-hydrogen) atoms. The second-order valence-corrected chi connectivity index (χ2v) is 5.93. The average Bonchev–Trinajstić information content (AvgIpc) is 2.81. The summed E-state index contributed by atoms with van der Waals surface area (Å²) >= 11 is 12.3. The van der Waals surface area contributed by atoms with Gasteiger partial charge in [-0.05, 0) is 44.4 Å². The fraction of sp³-hybridized carbons (Fsp3) is 0.600. The molecule has 1 aromatic rings. The highest BCUT2D eigenvalue weighted by molar-refractivity contribution is 6.42. The zero-order chi connectivity index (χ0) is 13.8. The maximum atomic E-state index is 6.27. The van der Waals surface area contributed by atoms with Crippen LogP contribution in [0, 0.1) is 0 Å². The van der Waals surface area contributed by atoms with Crippen LogP contribution in [0.15, 0.2) is 18.2 Å². The zero-order valence-corrected chi connectivity index (χ0v) is 13.0. The molecule has 4 heteroatoms. The van der Waals surface area contributed by atoms with Gasteiger partial charge in [0.15, 0.2) is 0 Å². The number of hydrogen-bond donors (Lipinski definition) is 1. The van der Waals surface area contributed by atoms with Crippen LogP contribution >= 0.6 is 23.2 Å². The molecule has 0 aliphatic carbocycles. The molecule has 0 radical (unpaired) electrons. The van der Waals surface area contributed by atoms with E-state index < -0.39 is 0 Å². The van der Waals surface area contributed by atoms with E-state index in [9.17, 15) is 0 Å². The molecule has 0 aromatic heterocycles. The SMILES string of the molecule is CCNC(Cc1cccc(Cl)c1Cl)C1CCC(C)O1. The van der Waals surface area contributed by atoms with Crippen LogP contribution < -0.4 is 5.32 Å². The predicted molar refractivity (Wildman–Crippen MR) is 81.2 cm³/mol. The van der Waals surface area contributed by atoms with Gasteiger partial charge in [-0.3, -0.25) is 0 Å². The summed E-state index contributed by atoms with van der Waals surface area (Å²) < 4.78 is 5.98. The van der Waals surface area contributed by atoms with Crippen LogP contribution in [-0.2, 0) is 11.2 Å². The van der Waals surface area contributed by atoms with Crippen LogP contribution in [-0.4, -0.2) is 24.8 Å². The number of benzene rings is 1. The van der Waals surface area contributed by atoms with Gasteiger partial charge in [0.1, 0.15) is 0 Å². The minimum Gasteiger partial charge on any atom is -0.374 e. The molecular weight excluding hydrogens is 281 g/mol. The van der Waals surface area contributed by atoms with Crippen molar-refractivity contribution in [1.82, 2.24) is 5.32 Å². The molecule has 0 amide bonds.